The van der Waals surface area contributed by atoms with Crippen LogP contribution in [0.2, 0.25) is 0 Å². The fraction of sp³-hybridized carbons (Fsp3) is 0.842. The third kappa shape index (κ3) is 7.46. The SMILES string of the molecule is CCCCCCCC(=O)NNC(=O)C(=O)NC1CC(C)(C)N(O)C(C)(C)C1. The van der Waals surface area contributed by atoms with E-state index in [0.29, 0.717) is 19.3 Å². The maximum atomic E-state index is 12.1. The number of hydrazine groups is 1. The molecule has 0 unspecified atom stereocenters. The Labute approximate surface area is 162 Å². The number of amides is 3. The Balaban J connectivity index is 2.38. The zero-order chi connectivity index (χ0) is 20.7. The van der Waals surface area contributed by atoms with Crippen molar-refractivity contribution in [3.63, 3.8) is 0 Å². The van der Waals surface area contributed by atoms with E-state index < -0.39 is 22.9 Å². The minimum atomic E-state index is -0.892. The van der Waals surface area contributed by atoms with Gasteiger partial charge < -0.3 is 10.5 Å². The number of nitrogens with one attached hydrogen (secondary N) is 3. The van der Waals surface area contributed by atoms with E-state index in [2.05, 4.69) is 23.1 Å². The average molecular weight is 385 g/mol. The van der Waals surface area contributed by atoms with E-state index in [4.69, 9.17) is 0 Å². The largest absolute Gasteiger partial charge is 0.345 e. The molecule has 1 aliphatic heterocycles. The van der Waals surface area contributed by atoms with Gasteiger partial charge in [0.05, 0.1) is 0 Å². The summed E-state index contributed by atoms with van der Waals surface area (Å²) >= 11 is 0. The maximum Gasteiger partial charge on any atom is 0.327 e. The van der Waals surface area contributed by atoms with Gasteiger partial charge in [0.25, 0.3) is 0 Å². The van der Waals surface area contributed by atoms with Crippen LogP contribution in [0, 0.1) is 0 Å². The third-order valence-corrected chi connectivity index (χ3v) is 5.00. The van der Waals surface area contributed by atoms with Crippen molar-refractivity contribution >= 4 is 17.7 Å². The van der Waals surface area contributed by atoms with Crippen molar-refractivity contribution in [1.29, 1.82) is 0 Å². The molecule has 8 heteroatoms. The van der Waals surface area contributed by atoms with E-state index >= 15 is 0 Å². The summed E-state index contributed by atoms with van der Waals surface area (Å²) in [6, 6.07) is -0.245. The zero-order valence-corrected chi connectivity index (χ0v) is 17.4. The molecule has 0 spiro atoms. The zero-order valence-electron chi connectivity index (χ0n) is 17.4. The maximum absolute atomic E-state index is 12.1. The van der Waals surface area contributed by atoms with Gasteiger partial charge in [0.15, 0.2) is 0 Å². The number of hydrogen-bond acceptors (Lipinski definition) is 5. The average Bonchev–Trinajstić information content (AvgIpc) is 2.56. The van der Waals surface area contributed by atoms with Gasteiger partial charge in [-0.05, 0) is 47.0 Å². The normalized spacial score (nSPS) is 19.3. The molecule has 0 bridgehead atoms. The molecule has 1 heterocycles. The standard InChI is InChI=1S/C19H36N4O4/c1-6-7-8-9-10-11-15(24)21-22-17(26)16(25)20-14-12-18(2,3)23(27)19(4,5)13-14/h14,27H,6-13H2,1-5H3,(H,20,25)(H,21,24)(H,22,26). The van der Waals surface area contributed by atoms with Crippen LogP contribution < -0.4 is 16.2 Å². The Kier molecular flexibility index (Phi) is 8.68. The van der Waals surface area contributed by atoms with Crippen LogP contribution in [0.4, 0.5) is 0 Å². The van der Waals surface area contributed by atoms with Crippen molar-refractivity contribution in [2.24, 2.45) is 0 Å². The smallest absolute Gasteiger partial charge is 0.327 e. The Morgan fingerprint density at radius 2 is 1.48 bits per heavy atom. The monoisotopic (exact) mass is 384 g/mol. The molecule has 0 aliphatic carbocycles. The van der Waals surface area contributed by atoms with Crippen LogP contribution in [-0.4, -0.2) is 45.1 Å². The highest BCUT2D eigenvalue weighted by atomic mass is 16.5. The van der Waals surface area contributed by atoms with E-state index in [-0.39, 0.29) is 11.9 Å². The molecule has 0 radical (unpaired) electrons. The fourth-order valence-electron chi connectivity index (χ4n) is 3.76. The molecule has 1 aliphatic rings. The molecule has 0 aromatic rings. The summed E-state index contributed by atoms with van der Waals surface area (Å²) in [4.78, 5) is 35.7. The predicted octanol–water partition coefficient (Wildman–Crippen LogP) is 2.02. The second-order valence-electron chi connectivity index (χ2n) is 8.68. The number of hydrogen-bond donors (Lipinski definition) is 4. The van der Waals surface area contributed by atoms with Gasteiger partial charge in [-0.1, -0.05) is 32.6 Å². The Hall–Kier alpha value is -1.67. The number of piperidine rings is 1. The molecule has 4 N–H and O–H groups in total. The summed E-state index contributed by atoms with van der Waals surface area (Å²) in [6.45, 7) is 9.66. The Morgan fingerprint density at radius 3 is 2.04 bits per heavy atom. The summed E-state index contributed by atoms with van der Waals surface area (Å²) in [5.74, 6) is -1.99. The first kappa shape index (κ1) is 23.4. The van der Waals surface area contributed by atoms with Crippen molar-refractivity contribution in [1.82, 2.24) is 21.2 Å². The second kappa shape index (κ2) is 10.0. The van der Waals surface area contributed by atoms with Crippen LogP contribution in [0.15, 0.2) is 0 Å². The molecule has 27 heavy (non-hydrogen) atoms. The van der Waals surface area contributed by atoms with Crippen molar-refractivity contribution in [2.75, 3.05) is 0 Å². The van der Waals surface area contributed by atoms with Gasteiger partial charge in [-0.3, -0.25) is 25.2 Å². The molecule has 1 fully saturated rings. The number of nitrogens with zero attached hydrogens (tertiary/aromatic N) is 1. The van der Waals surface area contributed by atoms with Crippen LogP contribution >= 0.6 is 0 Å². The van der Waals surface area contributed by atoms with Crippen molar-refractivity contribution in [3.05, 3.63) is 0 Å². The van der Waals surface area contributed by atoms with Crippen LogP contribution in [-0.2, 0) is 14.4 Å². The van der Waals surface area contributed by atoms with Gasteiger partial charge in [-0.25, -0.2) is 0 Å². The summed E-state index contributed by atoms with van der Waals surface area (Å²) in [7, 11) is 0. The molecule has 0 saturated carbocycles. The number of unbranched alkanes of at least 4 members (excludes halogenated alkanes) is 4. The molecule has 0 aromatic heterocycles. The topological polar surface area (TPSA) is 111 Å². The van der Waals surface area contributed by atoms with Crippen molar-refractivity contribution in [2.45, 2.75) is 103 Å². The van der Waals surface area contributed by atoms with Gasteiger partial charge in [0, 0.05) is 23.5 Å². The minimum absolute atomic E-state index is 0.245. The van der Waals surface area contributed by atoms with Crippen LogP contribution in [0.3, 0.4) is 0 Å². The lowest BCUT2D eigenvalue weighted by atomic mass is 9.79. The molecule has 0 atom stereocenters. The number of carbonyl (C=O) groups excluding carboxylic acids is 3. The highest BCUT2D eigenvalue weighted by molar-refractivity contribution is 6.35. The van der Waals surface area contributed by atoms with E-state index in [0.717, 1.165) is 32.1 Å². The second-order valence-corrected chi connectivity index (χ2v) is 8.68. The summed E-state index contributed by atoms with van der Waals surface area (Å²) < 4.78 is 0. The number of rotatable bonds is 7. The first-order chi connectivity index (χ1) is 12.5. The fourth-order valence-corrected chi connectivity index (χ4v) is 3.76. The lowest BCUT2D eigenvalue weighted by molar-refractivity contribution is -0.246. The Morgan fingerprint density at radius 1 is 0.926 bits per heavy atom. The first-order valence-corrected chi connectivity index (χ1v) is 9.88. The summed E-state index contributed by atoms with van der Waals surface area (Å²) in [5.41, 5.74) is 3.40. The van der Waals surface area contributed by atoms with E-state index in [1.54, 1.807) is 0 Å². The lowest BCUT2D eigenvalue weighted by Crippen LogP contribution is -2.63. The van der Waals surface area contributed by atoms with Gasteiger partial charge >= 0.3 is 11.8 Å². The molecule has 1 saturated heterocycles. The molecule has 3 amide bonds. The van der Waals surface area contributed by atoms with Crippen LogP contribution in [0.5, 0.6) is 0 Å². The molecule has 156 valence electrons. The molecular formula is C19H36N4O4. The summed E-state index contributed by atoms with van der Waals surface area (Å²) in [6.07, 6.45) is 6.47. The van der Waals surface area contributed by atoms with Gasteiger partial charge in [0.2, 0.25) is 5.91 Å². The number of carbonyl (C=O) groups is 3. The molecule has 1 rings (SSSR count). The Bertz CT molecular complexity index is 516. The first-order valence-electron chi connectivity index (χ1n) is 9.88. The molecule has 8 nitrogen and oxygen atoms in total. The van der Waals surface area contributed by atoms with Crippen LogP contribution in [0.1, 0.15) is 86.0 Å². The predicted molar refractivity (Wildman–Crippen MR) is 103 cm³/mol. The number of hydroxylamine groups is 2. The molecule has 0 aromatic carbocycles. The van der Waals surface area contributed by atoms with E-state index in [1.165, 1.54) is 5.06 Å². The summed E-state index contributed by atoms with van der Waals surface area (Å²) in [5, 5.41) is 14.3. The third-order valence-electron chi connectivity index (χ3n) is 5.00. The minimum Gasteiger partial charge on any atom is -0.345 e. The molecular weight excluding hydrogens is 348 g/mol. The van der Waals surface area contributed by atoms with Gasteiger partial charge in [-0.2, -0.15) is 5.06 Å². The van der Waals surface area contributed by atoms with Crippen LogP contribution in [0.25, 0.3) is 0 Å². The van der Waals surface area contributed by atoms with Crippen molar-refractivity contribution < 1.29 is 19.6 Å². The van der Waals surface area contributed by atoms with E-state index in [9.17, 15) is 19.6 Å². The quantitative estimate of drug-likeness (QED) is 0.305. The lowest BCUT2D eigenvalue weighted by Gasteiger charge is -2.51. The highest BCUT2D eigenvalue weighted by Crippen LogP contribution is 2.36. The van der Waals surface area contributed by atoms with Gasteiger partial charge in [-0.15, -0.1) is 0 Å². The van der Waals surface area contributed by atoms with Gasteiger partial charge in [0.1, 0.15) is 0 Å². The van der Waals surface area contributed by atoms with E-state index in [1.807, 2.05) is 27.7 Å². The highest BCUT2D eigenvalue weighted by Gasteiger charge is 2.45. The van der Waals surface area contributed by atoms with Crippen molar-refractivity contribution in [3.8, 4) is 0 Å².